The molecule has 1 aliphatic rings. The maximum Gasteiger partial charge on any atom is 0.271 e. The number of hydrogen-bond donors (Lipinski definition) is 2. The van der Waals surface area contributed by atoms with Crippen LogP contribution in [-0.4, -0.2) is 51.4 Å². The van der Waals surface area contributed by atoms with Crippen LogP contribution < -0.4 is 4.74 Å². The van der Waals surface area contributed by atoms with Crippen molar-refractivity contribution in [1.82, 2.24) is 15.1 Å². The first-order valence-electron chi connectivity index (χ1n) is 8.18. The number of aliphatic hydroxyl groups is 1. The molecular weight excluding hydrogens is 306 g/mol. The molecule has 0 bridgehead atoms. The summed E-state index contributed by atoms with van der Waals surface area (Å²) < 4.78 is 5.78. The number of amides is 1. The molecule has 0 spiro atoms. The van der Waals surface area contributed by atoms with Crippen molar-refractivity contribution in [2.75, 3.05) is 19.7 Å². The maximum atomic E-state index is 12.3. The van der Waals surface area contributed by atoms with Crippen LogP contribution in [0.1, 0.15) is 34.5 Å². The third kappa shape index (κ3) is 3.59. The molecule has 0 atom stereocenters. The van der Waals surface area contributed by atoms with Crippen molar-refractivity contribution in [3.8, 4) is 5.75 Å². The molecule has 1 aromatic heterocycles. The van der Waals surface area contributed by atoms with Crippen molar-refractivity contribution < 1.29 is 14.6 Å². The predicted molar refractivity (Wildman–Crippen MR) is 90.1 cm³/mol. The Balaban J connectivity index is 1.54. The molecule has 1 fully saturated rings. The highest BCUT2D eigenvalue weighted by Gasteiger charge is 2.35. The highest BCUT2D eigenvalue weighted by atomic mass is 16.5. The van der Waals surface area contributed by atoms with Gasteiger partial charge in [-0.05, 0) is 56.0 Å². The minimum absolute atomic E-state index is 0.0790. The third-order valence-electron chi connectivity index (χ3n) is 4.70. The lowest BCUT2D eigenvalue weighted by Gasteiger charge is -2.37. The van der Waals surface area contributed by atoms with Crippen LogP contribution in [0.5, 0.6) is 5.75 Å². The number of likely N-dealkylation sites (tertiary alicyclic amines) is 1. The number of carbonyl (C=O) groups is 1. The Morgan fingerprint density at radius 3 is 2.67 bits per heavy atom. The van der Waals surface area contributed by atoms with E-state index in [9.17, 15) is 9.90 Å². The van der Waals surface area contributed by atoms with Crippen LogP contribution in [0.2, 0.25) is 0 Å². The fraction of sp³-hybridized carbons (Fsp3) is 0.444. The van der Waals surface area contributed by atoms with Gasteiger partial charge in [-0.3, -0.25) is 9.89 Å². The van der Waals surface area contributed by atoms with Crippen molar-refractivity contribution in [3.63, 3.8) is 0 Å². The Hall–Kier alpha value is -2.34. The van der Waals surface area contributed by atoms with E-state index in [2.05, 4.69) is 17.1 Å². The number of nitrogens with zero attached hydrogens (tertiary/aromatic N) is 2. The van der Waals surface area contributed by atoms with Crippen LogP contribution in [0.3, 0.4) is 0 Å². The second kappa shape index (κ2) is 6.65. The Kier molecular flexibility index (Phi) is 4.57. The summed E-state index contributed by atoms with van der Waals surface area (Å²) in [5.41, 5.74) is 1.96. The molecule has 2 aromatic rings. The number of aromatic amines is 1. The van der Waals surface area contributed by atoms with E-state index in [1.54, 1.807) is 17.2 Å². The predicted octanol–water partition coefficient (Wildman–Crippen LogP) is 2.07. The average Bonchev–Trinajstić information content (AvgIpc) is 3.11. The molecule has 1 aliphatic heterocycles. The highest BCUT2D eigenvalue weighted by Crippen LogP contribution is 2.25. The van der Waals surface area contributed by atoms with Gasteiger partial charge in [0.25, 0.3) is 5.91 Å². The largest absolute Gasteiger partial charge is 0.491 e. The van der Waals surface area contributed by atoms with Gasteiger partial charge >= 0.3 is 0 Å². The molecule has 2 heterocycles. The number of carbonyl (C=O) groups excluding carboxylic acids is 1. The summed E-state index contributed by atoms with van der Waals surface area (Å²) in [5.74, 6) is 0.687. The maximum absolute atomic E-state index is 12.3. The Bertz CT molecular complexity index is 704. The summed E-state index contributed by atoms with van der Waals surface area (Å²) >= 11 is 0. The normalized spacial score (nSPS) is 16.9. The number of piperidine rings is 1. The molecule has 0 radical (unpaired) electrons. The zero-order chi connectivity index (χ0) is 17.2. The van der Waals surface area contributed by atoms with Crippen molar-refractivity contribution >= 4 is 5.91 Å². The number of hydrogen-bond acceptors (Lipinski definition) is 4. The number of aryl methyl sites for hydroxylation is 2. The van der Waals surface area contributed by atoms with E-state index in [1.807, 2.05) is 25.1 Å². The summed E-state index contributed by atoms with van der Waals surface area (Å²) in [7, 11) is 0. The summed E-state index contributed by atoms with van der Waals surface area (Å²) in [6.07, 6.45) is 2.56. The van der Waals surface area contributed by atoms with Gasteiger partial charge in [0.1, 0.15) is 23.7 Å². The van der Waals surface area contributed by atoms with Gasteiger partial charge in [-0.25, -0.2) is 0 Å². The molecule has 3 rings (SSSR count). The minimum atomic E-state index is -0.899. The molecule has 1 aromatic carbocycles. The van der Waals surface area contributed by atoms with Gasteiger partial charge in [0.05, 0.1) is 0 Å². The Morgan fingerprint density at radius 1 is 1.29 bits per heavy atom. The van der Waals surface area contributed by atoms with Gasteiger partial charge in [-0.2, -0.15) is 5.10 Å². The van der Waals surface area contributed by atoms with Gasteiger partial charge in [-0.1, -0.05) is 6.07 Å². The number of benzene rings is 1. The van der Waals surface area contributed by atoms with E-state index in [0.29, 0.717) is 31.6 Å². The summed E-state index contributed by atoms with van der Waals surface area (Å²) in [6, 6.07) is 7.57. The molecule has 128 valence electrons. The number of aromatic nitrogens is 2. The van der Waals surface area contributed by atoms with E-state index >= 15 is 0 Å². The van der Waals surface area contributed by atoms with Crippen LogP contribution in [-0.2, 0) is 0 Å². The molecule has 0 aliphatic carbocycles. The molecule has 1 saturated heterocycles. The number of rotatable bonds is 4. The first-order chi connectivity index (χ1) is 11.5. The first kappa shape index (κ1) is 16.5. The lowest BCUT2D eigenvalue weighted by molar-refractivity contribution is -0.0476. The van der Waals surface area contributed by atoms with E-state index in [0.717, 1.165) is 5.75 Å². The van der Waals surface area contributed by atoms with Crippen LogP contribution in [0.25, 0.3) is 0 Å². The molecule has 6 nitrogen and oxygen atoms in total. The summed E-state index contributed by atoms with van der Waals surface area (Å²) in [5, 5.41) is 17.2. The molecule has 6 heteroatoms. The van der Waals surface area contributed by atoms with Gasteiger partial charge in [0.15, 0.2) is 0 Å². The fourth-order valence-electron chi connectivity index (χ4n) is 2.84. The number of H-pyrrole nitrogens is 1. The smallest absolute Gasteiger partial charge is 0.271 e. The van der Waals surface area contributed by atoms with Gasteiger partial charge < -0.3 is 14.7 Å². The van der Waals surface area contributed by atoms with E-state index < -0.39 is 5.60 Å². The summed E-state index contributed by atoms with van der Waals surface area (Å²) in [4.78, 5) is 14.0. The second-order valence-electron chi connectivity index (χ2n) is 6.52. The highest BCUT2D eigenvalue weighted by molar-refractivity contribution is 5.92. The second-order valence-corrected chi connectivity index (χ2v) is 6.52. The quantitative estimate of drug-likeness (QED) is 0.900. The lowest BCUT2D eigenvalue weighted by Crippen LogP contribution is -2.49. The Morgan fingerprint density at radius 2 is 2.04 bits per heavy atom. The molecule has 1 amide bonds. The zero-order valence-corrected chi connectivity index (χ0v) is 14.1. The van der Waals surface area contributed by atoms with Crippen LogP contribution in [0.15, 0.2) is 30.5 Å². The minimum Gasteiger partial charge on any atom is -0.491 e. The third-order valence-corrected chi connectivity index (χ3v) is 4.70. The van der Waals surface area contributed by atoms with Crippen LogP contribution >= 0.6 is 0 Å². The van der Waals surface area contributed by atoms with Crippen molar-refractivity contribution in [1.29, 1.82) is 0 Å². The lowest BCUT2D eigenvalue weighted by atomic mass is 9.92. The number of nitrogens with one attached hydrogen (secondary N) is 1. The molecule has 24 heavy (non-hydrogen) atoms. The number of ether oxygens (including phenoxy) is 1. The van der Waals surface area contributed by atoms with Crippen LogP contribution in [0.4, 0.5) is 0 Å². The van der Waals surface area contributed by atoms with Crippen molar-refractivity contribution in [2.24, 2.45) is 0 Å². The molecule has 0 saturated carbocycles. The van der Waals surface area contributed by atoms with Crippen molar-refractivity contribution in [2.45, 2.75) is 32.3 Å². The Labute approximate surface area is 141 Å². The standard InChI is InChI=1S/C18H23N3O3/c1-13-3-4-15(11-14(13)2)24-12-18(23)6-9-21(10-7-18)17(22)16-5-8-19-20-16/h3-5,8,11,23H,6-7,9-10,12H2,1-2H3,(H,19,20). The van der Waals surface area contributed by atoms with E-state index in [-0.39, 0.29) is 12.5 Å². The molecule has 2 N–H and O–H groups in total. The monoisotopic (exact) mass is 329 g/mol. The van der Waals surface area contributed by atoms with Gasteiger partial charge in [0.2, 0.25) is 0 Å². The average molecular weight is 329 g/mol. The van der Waals surface area contributed by atoms with E-state index in [4.69, 9.17) is 4.74 Å². The van der Waals surface area contributed by atoms with Gasteiger partial charge in [0, 0.05) is 19.3 Å². The fourth-order valence-corrected chi connectivity index (χ4v) is 2.84. The van der Waals surface area contributed by atoms with Crippen molar-refractivity contribution in [3.05, 3.63) is 47.3 Å². The van der Waals surface area contributed by atoms with Crippen LogP contribution in [0, 0.1) is 13.8 Å². The zero-order valence-electron chi connectivity index (χ0n) is 14.1. The SMILES string of the molecule is Cc1ccc(OCC2(O)CCN(C(=O)c3ccn[nH]3)CC2)cc1C. The molecular formula is C18H23N3O3. The first-order valence-corrected chi connectivity index (χ1v) is 8.18. The topological polar surface area (TPSA) is 78.5 Å². The van der Waals surface area contributed by atoms with Gasteiger partial charge in [-0.15, -0.1) is 0 Å². The van der Waals surface area contributed by atoms with E-state index in [1.165, 1.54) is 11.1 Å². The summed E-state index contributed by atoms with van der Waals surface area (Å²) in [6.45, 7) is 5.34. The molecule has 0 unspecified atom stereocenters.